The molecule has 2 unspecified atom stereocenters. The van der Waals surface area contributed by atoms with Crippen molar-refractivity contribution in [2.45, 2.75) is 31.5 Å². The molecule has 0 spiro atoms. The molecule has 4 heteroatoms. The van der Waals surface area contributed by atoms with Crippen LogP contribution in [0.15, 0.2) is 12.4 Å². The lowest BCUT2D eigenvalue weighted by Crippen LogP contribution is -2.29. The lowest BCUT2D eigenvalue weighted by atomic mass is 10.0. The zero-order valence-corrected chi connectivity index (χ0v) is 8.30. The number of nitrogens with zero attached hydrogens (tertiary/aromatic N) is 2. The van der Waals surface area contributed by atoms with Crippen LogP contribution in [0.25, 0.3) is 0 Å². The Kier molecular flexibility index (Phi) is 2.56. The Balaban J connectivity index is 1.89. The zero-order chi connectivity index (χ0) is 10.1. The van der Waals surface area contributed by atoms with Crippen molar-refractivity contribution in [3.05, 3.63) is 18.0 Å². The molecular weight excluding hydrogens is 180 g/mol. The molecule has 0 saturated heterocycles. The van der Waals surface area contributed by atoms with Crippen molar-refractivity contribution in [3.8, 4) is 0 Å². The monoisotopic (exact) mass is 196 g/mol. The van der Waals surface area contributed by atoms with E-state index in [9.17, 15) is 10.2 Å². The van der Waals surface area contributed by atoms with Gasteiger partial charge in [-0.3, -0.25) is 4.68 Å². The van der Waals surface area contributed by atoms with Crippen LogP contribution in [0.4, 0.5) is 0 Å². The van der Waals surface area contributed by atoms with E-state index < -0.39 is 12.2 Å². The highest BCUT2D eigenvalue weighted by molar-refractivity contribution is 5.06. The highest BCUT2D eigenvalue weighted by atomic mass is 16.3. The first-order chi connectivity index (χ1) is 6.66. The highest BCUT2D eigenvalue weighted by Crippen LogP contribution is 2.34. The lowest BCUT2D eigenvalue weighted by Gasteiger charge is -2.15. The van der Waals surface area contributed by atoms with Gasteiger partial charge in [-0.1, -0.05) is 0 Å². The van der Waals surface area contributed by atoms with E-state index in [1.165, 1.54) is 0 Å². The molecule has 0 aliphatic heterocycles. The molecule has 1 fully saturated rings. The smallest absolute Gasteiger partial charge is 0.0843 e. The Morgan fingerprint density at radius 2 is 2.29 bits per heavy atom. The second kappa shape index (κ2) is 3.71. The summed E-state index contributed by atoms with van der Waals surface area (Å²) >= 11 is 0. The second-order valence-electron chi connectivity index (χ2n) is 4.12. The van der Waals surface area contributed by atoms with E-state index in [1.807, 2.05) is 13.2 Å². The first kappa shape index (κ1) is 9.68. The summed E-state index contributed by atoms with van der Waals surface area (Å²) in [5, 5.41) is 23.4. The Labute approximate surface area is 83.2 Å². The van der Waals surface area contributed by atoms with Gasteiger partial charge in [0.05, 0.1) is 18.4 Å². The van der Waals surface area contributed by atoms with Gasteiger partial charge in [0.15, 0.2) is 0 Å². The van der Waals surface area contributed by atoms with Gasteiger partial charge in [-0.2, -0.15) is 5.10 Å². The summed E-state index contributed by atoms with van der Waals surface area (Å²) in [5.74, 6) is 0.321. The molecule has 78 valence electrons. The minimum atomic E-state index is -0.647. The minimum Gasteiger partial charge on any atom is -0.390 e. The molecule has 1 aromatic heterocycles. The number of hydrogen-bond acceptors (Lipinski definition) is 3. The standard InChI is InChI=1S/C10H16N2O2/c1-12-6-7(5-11-12)4-9(13)10(14)8-2-3-8/h5-6,8-10,13-14H,2-4H2,1H3. The van der Waals surface area contributed by atoms with E-state index in [2.05, 4.69) is 5.10 Å². The van der Waals surface area contributed by atoms with E-state index in [0.717, 1.165) is 18.4 Å². The normalized spacial score (nSPS) is 20.8. The summed E-state index contributed by atoms with van der Waals surface area (Å²) in [6.07, 6.45) is 4.97. The van der Waals surface area contributed by atoms with Crippen LogP contribution in [-0.2, 0) is 13.5 Å². The van der Waals surface area contributed by atoms with Gasteiger partial charge in [-0.15, -0.1) is 0 Å². The zero-order valence-electron chi connectivity index (χ0n) is 8.30. The maximum Gasteiger partial charge on any atom is 0.0843 e. The van der Waals surface area contributed by atoms with Crippen LogP contribution in [0.2, 0.25) is 0 Å². The van der Waals surface area contributed by atoms with Gasteiger partial charge in [0, 0.05) is 19.7 Å². The van der Waals surface area contributed by atoms with Crippen LogP contribution in [0, 0.1) is 5.92 Å². The number of aryl methyl sites for hydroxylation is 1. The maximum absolute atomic E-state index is 9.70. The molecule has 2 atom stereocenters. The fourth-order valence-corrected chi connectivity index (χ4v) is 1.69. The van der Waals surface area contributed by atoms with Crippen LogP contribution in [0.3, 0.4) is 0 Å². The van der Waals surface area contributed by atoms with Crippen molar-refractivity contribution in [2.24, 2.45) is 13.0 Å². The van der Waals surface area contributed by atoms with Crippen LogP contribution >= 0.6 is 0 Å². The lowest BCUT2D eigenvalue weighted by molar-refractivity contribution is 0.00672. The number of aliphatic hydroxyl groups is 2. The molecule has 14 heavy (non-hydrogen) atoms. The van der Waals surface area contributed by atoms with Gasteiger partial charge in [0.2, 0.25) is 0 Å². The Morgan fingerprint density at radius 1 is 1.57 bits per heavy atom. The second-order valence-corrected chi connectivity index (χ2v) is 4.12. The van der Waals surface area contributed by atoms with Crippen molar-refractivity contribution in [1.29, 1.82) is 0 Å². The molecule has 0 amide bonds. The summed E-state index contributed by atoms with van der Waals surface area (Å²) in [7, 11) is 1.84. The molecule has 0 aromatic carbocycles. The molecule has 1 aromatic rings. The quantitative estimate of drug-likeness (QED) is 0.717. The number of aromatic nitrogens is 2. The van der Waals surface area contributed by atoms with Gasteiger partial charge >= 0.3 is 0 Å². The van der Waals surface area contributed by atoms with Crippen LogP contribution < -0.4 is 0 Å². The van der Waals surface area contributed by atoms with E-state index in [0.29, 0.717) is 12.3 Å². The van der Waals surface area contributed by atoms with Crippen molar-refractivity contribution in [3.63, 3.8) is 0 Å². The number of hydrogen-bond donors (Lipinski definition) is 2. The topological polar surface area (TPSA) is 58.3 Å². The van der Waals surface area contributed by atoms with Crippen LogP contribution in [0.1, 0.15) is 18.4 Å². The third kappa shape index (κ3) is 2.13. The predicted molar refractivity (Wildman–Crippen MR) is 51.6 cm³/mol. The Morgan fingerprint density at radius 3 is 2.79 bits per heavy atom. The molecule has 1 heterocycles. The third-order valence-electron chi connectivity index (χ3n) is 2.70. The first-order valence-corrected chi connectivity index (χ1v) is 5.00. The average molecular weight is 196 g/mol. The molecule has 2 rings (SSSR count). The van der Waals surface area contributed by atoms with Crippen molar-refractivity contribution < 1.29 is 10.2 Å². The average Bonchev–Trinajstić information content (AvgIpc) is 2.91. The summed E-state index contributed by atoms with van der Waals surface area (Å²) in [5.41, 5.74) is 0.972. The molecular formula is C10H16N2O2. The highest BCUT2D eigenvalue weighted by Gasteiger charge is 2.34. The van der Waals surface area contributed by atoms with Crippen molar-refractivity contribution in [1.82, 2.24) is 9.78 Å². The fraction of sp³-hybridized carbons (Fsp3) is 0.700. The molecule has 2 N–H and O–H groups in total. The number of aliphatic hydroxyl groups excluding tert-OH is 2. The van der Waals surface area contributed by atoms with Gasteiger partial charge in [0.25, 0.3) is 0 Å². The first-order valence-electron chi connectivity index (χ1n) is 5.00. The van der Waals surface area contributed by atoms with Crippen molar-refractivity contribution in [2.75, 3.05) is 0 Å². The number of rotatable bonds is 4. The van der Waals surface area contributed by atoms with E-state index in [4.69, 9.17) is 0 Å². The minimum absolute atomic E-state index is 0.321. The molecule has 1 aliphatic rings. The SMILES string of the molecule is Cn1cc(CC(O)C(O)C2CC2)cn1. The largest absolute Gasteiger partial charge is 0.390 e. The van der Waals surface area contributed by atoms with Gasteiger partial charge < -0.3 is 10.2 Å². The van der Waals surface area contributed by atoms with Crippen LogP contribution in [-0.4, -0.2) is 32.2 Å². The fourth-order valence-electron chi connectivity index (χ4n) is 1.69. The summed E-state index contributed by atoms with van der Waals surface area (Å²) < 4.78 is 1.70. The Bertz CT molecular complexity index is 307. The summed E-state index contributed by atoms with van der Waals surface area (Å²) in [6, 6.07) is 0. The van der Waals surface area contributed by atoms with Gasteiger partial charge in [-0.05, 0) is 24.3 Å². The maximum atomic E-state index is 9.70. The van der Waals surface area contributed by atoms with Crippen molar-refractivity contribution >= 4 is 0 Å². The van der Waals surface area contributed by atoms with E-state index >= 15 is 0 Å². The van der Waals surface area contributed by atoms with Gasteiger partial charge in [-0.25, -0.2) is 0 Å². The molecule has 1 saturated carbocycles. The molecule has 4 nitrogen and oxygen atoms in total. The Hall–Kier alpha value is -0.870. The van der Waals surface area contributed by atoms with E-state index in [-0.39, 0.29) is 0 Å². The van der Waals surface area contributed by atoms with Crippen LogP contribution in [0.5, 0.6) is 0 Å². The molecule has 0 bridgehead atoms. The summed E-state index contributed by atoms with van der Waals surface area (Å²) in [4.78, 5) is 0. The predicted octanol–water partition coefficient (Wildman–Crippen LogP) is 0.0944. The molecule has 0 radical (unpaired) electrons. The molecule has 1 aliphatic carbocycles. The van der Waals surface area contributed by atoms with Gasteiger partial charge in [0.1, 0.15) is 0 Å². The summed E-state index contributed by atoms with van der Waals surface area (Å²) in [6.45, 7) is 0. The third-order valence-corrected chi connectivity index (χ3v) is 2.70. The van der Waals surface area contributed by atoms with E-state index in [1.54, 1.807) is 10.9 Å².